The van der Waals surface area contributed by atoms with Crippen LogP contribution in [0.15, 0.2) is 41.8 Å². The predicted octanol–water partition coefficient (Wildman–Crippen LogP) is 2.84. The van der Waals surface area contributed by atoms with E-state index in [0.717, 1.165) is 19.5 Å². The van der Waals surface area contributed by atoms with Crippen LogP contribution in [0.4, 0.5) is 10.5 Å². The number of carbonyl (C=O) groups excluding carboxylic acids is 2. The van der Waals surface area contributed by atoms with Crippen LogP contribution in [0, 0.1) is 0 Å². The quantitative estimate of drug-likeness (QED) is 0.910. The number of amides is 3. The number of carbonyl (C=O) groups is 2. The van der Waals surface area contributed by atoms with Gasteiger partial charge in [0, 0.05) is 23.7 Å². The SMILES string of the molecule is C[C@H](C(=O)NC(=O)Nc1ccccc1)N1CCc2sccc2C1. The van der Waals surface area contributed by atoms with Crippen molar-refractivity contribution in [3.05, 3.63) is 52.2 Å². The molecule has 0 fully saturated rings. The molecule has 2 aromatic rings. The Bertz CT molecular complexity index is 699. The highest BCUT2D eigenvalue weighted by atomic mass is 32.1. The first-order valence-electron chi connectivity index (χ1n) is 7.59. The minimum Gasteiger partial charge on any atom is -0.308 e. The topological polar surface area (TPSA) is 61.4 Å². The highest BCUT2D eigenvalue weighted by Gasteiger charge is 2.26. The molecule has 5 nitrogen and oxygen atoms in total. The van der Waals surface area contributed by atoms with Gasteiger partial charge in [-0.1, -0.05) is 18.2 Å². The van der Waals surface area contributed by atoms with Gasteiger partial charge >= 0.3 is 6.03 Å². The van der Waals surface area contributed by atoms with Crippen LogP contribution in [0.3, 0.4) is 0 Å². The second-order valence-electron chi connectivity index (χ2n) is 5.57. The second kappa shape index (κ2) is 6.93. The van der Waals surface area contributed by atoms with E-state index in [2.05, 4.69) is 27.0 Å². The molecule has 2 heterocycles. The lowest BCUT2D eigenvalue weighted by atomic mass is 10.1. The summed E-state index contributed by atoms with van der Waals surface area (Å²) in [6, 6.07) is 10.3. The number of nitrogens with zero attached hydrogens (tertiary/aromatic N) is 1. The summed E-state index contributed by atoms with van der Waals surface area (Å²) < 4.78 is 0. The lowest BCUT2D eigenvalue weighted by molar-refractivity contribution is -0.125. The molecule has 3 amide bonds. The third-order valence-electron chi connectivity index (χ3n) is 4.03. The van der Waals surface area contributed by atoms with Crippen LogP contribution in [0.1, 0.15) is 17.4 Å². The molecule has 6 heteroatoms. The van der Waals surface area contributed by atoms with Crippen LogP contribution in [-0.4, -0.2) is 29.4 Å². The van der Waals surface area contributed by atoms with Crippen LogP contribution in [0.2, 0.25) is 0 Å². The number of nitrogens with one attached hydrogen (secondary N) is 2. The van der Waals surface area contributed by atoms with E-state index in [0.29, 0.717) is 5.69 Å². The Morgan fingerprint density at radius 3 is 2.78 bits per heavy atom. The third kappa shape index (κ3) is 3.78. The first kappa shape index (κ1) is 15.7. The summed E-state index contributed by atoms with van der Waals surface area (Å²) in [6.07, 6.45) is 0.959. The second-order valence-corrected chi connectivity index (χ2v) is 6.58. The van der Waals surface area contributed by atoms with Crippen LogP contribution in [0.5, 0.6) is 0 Å². The van der Waals surface area contributed by atoms with Gasteiger partial charge in [0.2, 0.25) is 5.91 Å². The molecule has 0 saturated heterocycles. The largest absolute Gasteiger partial charge is 0.325 e. The molecule has 0 saturated carbocycles. The molecule has 0 unspecified atom stereocenters. The Labute approximate surface area is 139 Å². The van der Waals surface area contributed by atoms with Gasteiger partial charge in [-0.15, -0.1) is 11.3 Å². The van der Waals surface area contributed by atoms with E-state index < -0.39 is 6.03 Å². The van der Waals surface area contributed by atoms with Crippen LogP contribution in [0.25, 0.3) is 0 Å². The molecule has 0 bridgehead atoms. The average Bonchev–Trinajstić information content (AvgIpc) is 3.02. The number of benzene rings is 1. The van der Waals surface area contributed by atoms with E-state index in [1.807, 2.05) is 25.1 Å². The Hall–Kier alpha value is -2.18. The Morgan fingerprint density at radius 2 is 2.00 bits per heavy atom. The number of urea groups is 1. The summed E-state index contributed by atoms with van der Waals surface area (Å²) in [6.45, 7) is 3.43. The molecule has 3 rings (SSSR count). The van der Waals surface area contributed by atoms with Gasteiger partial charge in [0.15, 0.2) is 0 Å². The molecule has 0 radical (unpaired) electrons. The maximum absolute atomic E-state index is 12.3. The fourth-order valence-corrected chi connectivity index (χ4v) is 3.56. The van der Waals surface area contributed by atoms with Crippen molar-refractivity contribution in [2.75, 3.05) is 11.9 Å². The maximum Gasteiger partial charge on any atom is 0.325 e. The van der Waals surface area contributed by atoms with Crippen LogP contribution in [-0.2, 0) is 17.8 Å². The van der Waals surface area contributed by atoms with Crippen molar-refractivity contribution in [3.63, 3.8) is 0 Å². The number of fused-ring (bicyclic) bond motifs is 1. The average molecular weight is 329 g/mol. The highest BCUT2D eigenvalue weighted by molar-refractivity contribution is 7.10. The molecule has 0 spiro atoms. The summed E-state index contributed by atoms with van der Waals surface area (Å²) in [7, 11) is 0. The molecule has 120 valence electrons. The monoisotopic (exact) mass is 329 g/mol. The van der Waals surface area contributed by atoms with Gasteiger partial charge in [0.1, 0.15) is 0 Å². The fourth-order valence-electron chi connectivity index (χ4n) is 2.67. The number of thiophene rings is 1. The molecule has 1 atom stereocenters. The first-order chi connectivity index (χ1) is 11.1. The van der Waals surface area contributed by atoms with E-state index >= 15 is 0 Å². The van der Waals surface area contributed by atoms with Crippen LogP contribution >= 0.6 is 11.3 Å². The zero-order valence-electron chi connectivity index (χ0n) is 12.9. The minimum atomic E-state index is -0.499. The number of rotatable bonds is 3. The van der Waals surface area contributed by atoms with Gasteiger partial charge in [-0.05, 0) is 42.5 Å². The predicted molar refractivity (Wildman–Crippen MR) is 91.5 cm³/mol. The molecular formula is C17H19N3O2S. The van der Waals surface area contributed by atoms with Crippen molar-refractivity contribution >= 4 is 29.0 Å². The Morgan fingerprint density at radius 1 is 1.22 bits per heavy atom. The molecule has 1 aromatic carbocycles. The van der Waals surface area contributed by atoms with E-state index in [9.17, 15) is 9.59 Å². The normalized spacial score (nSPS) is 15.5. The van der Waals surface area contributed by atoms with Gasteiger partial charge in [0.05, 0.1) is 6.04 Å². The Kier molecular flexibility index (Phi) is 4.73. The molecular weight excluding hydrogens is 310 g/mol. The van der Waals surface area contributed by atoms with Crippen molar-refractivity contribution in [1.82, 2.24) is 10.2 Å². The van der Waals surface area contributed by atoms with Crippen molar-refractivity contribution in [3.8, 4) is 0 Å². The summed E-state index contributed by atoms with van der Waals surface area (Å²) in [5, 5.41) is 7.16. The van der Waals surface area contributed by atoms with Gasteiger partial charge in [0.25, 0.3) is 0 Å². The summed E-state index contributed by atoms with van der Waals surface area (Å²) in [5.41, 5.74) is 1.95. The molecule has 0 aliphatic carbocycles. The molecule has 1 aliphatic heterocycles. The van der Waals surface area contributed by atoms with Gasteiger partial charge in [-0.25, -0.2) is 4.79 Å². The number of hydrogen-bond donors (Lipinski definition) is 2. The Balaban J connectivity index is 1.55. The third-order valence-corrected chi connectivity index (χ3v) is 5.06. The molecule has 23 heavy (non-hydrogen) atoms. The molecule has 1 aromatic heterocycles. The van der Waals surface area contributed by atoms with Gasteiger partial charge in [-0.3, -0.25) is 15.0 Å². The minimum absolute atomic E-state index is 0.280. The van der Waals surface area contributed by atoms with Crippen molar-refractivity contribution < 1.29 is 9.59 Å². The lowest BCUT2D eigenvalue weighted by Gasteiger charge is -2.31. The zero-order chi connectivity index (χ0) is 16.2. The van der Waals surface area contributed by atoms with E-state index in [1.165, 1.54) is 10.4 Å². The van der Waals surface area contributed by atoms with Crippen LogP contribution < -0.4 is 10.6 Å². The molecule has 1 aliphatic rings. The van der Waals surface area contributed by atoms with Crippen molar-refractivity contribution in [2.45, 2.75) is 25.9 Å². The fraction of sp³-hybridized carbons (Fsp3) is 0.294. The van der Waals surface area contributed by atoms with E-state index in [1.54, 1.807) is 23.5 Å². The van der Waals surface area contributed by atoms with Gasteiger partial charge in [-0.2, -0.15) is 0 Å². The lowest BCUT2D eigenvalue weighted by Crippen LogP contribution is -2.49. The van der Waals surface area contributed by atoms with Crippen molar-refractivity contribution in [1.29, 1.82) is 0 Å². The van der Waals surface area contributed by atoms with Crippen molar-refractivity contribution in [2.24, 2.45) is 0 Å². The van der Waals surface area contributed by atoms with E-state index in [-0.39, 0.29) is 11.9 Å². The molecule has 2 N–H and O–H groups in total. The summed E-state index contributed by atoms with van der Waals surface area (Å²) >= 11 is 1.77. The first-order valence-corrected chi connectivity index (χ1v) is 8.47. The zero-order valence-corrected chi connectivity index (χ0v) is 13.7. The highest BCUT2D eigenvalue weighted by Crippen LogP contribution is 2.25. The number of hydrogen-bond acceptors (Lipinski definition) is 4. The summed E-state index contributed by atoms with van der Waals surface area (Å²) in [4.78, 5) is 27.7. The van der Waals surface area contributed by atoms with E-state index in [4.69, 9.17) is 0 Å². The smallest absolute Gasteiger partial charge is 0.308 e. The number of para-hydroxylation sites is 1. The maximum atomic E-state index is 12.3. The number of imide groups is 1. The summed E-state index contributed by atoms with van der Waals surface area (Å²) in [5.74, 6) is -0.280. The van der Waals surface area contributed by atoms with Gasteiger partial charge < -0.3 is 5.32 Å². The number of anilines is 1. The standard InChI is InChI=1S/C17H19N3O2S/c1-12(20-9-7-15-13(11-20)8-10-23-15)16(21)19-17(22)18-14-5-3-2-4-6-14/h2-6,8,10,12H,7,9,11H2,1H3,(H2,18,19,21,22)/t12-/m1/s1.